The van der Waals surface area contributed by atoms with E-state index in [4.69, 9.17) is 5.73 Å². The second-order valence-corrected chi connectivity index (χ2v) is 9.64. The van der Waals surface area contributed by atoms with Crippen LogP contribution in [0.25, 0.3) is 0 Å². The summed E-state index contributed by atoms with van der Waals surface area (Å²) in [7, 11) is 0. The van der Waals surface area contributed by atoms with E-state index < -0.39 is 60.2 Å². The van der Waals surface area contributed by atoms with Crippen LogP contribution in [-0.2, 0) is 36.8 Å². The van der Waals surface area contributed by atoms with E-state index in [1.807, 2.05) is 0 Å². The Balaban J connectivity index is 2.11. The number of aromatic amines is 1. The molecule has 15 heteroatoms. The van der Waals surface area contributed by atoms with Gasteiger partial charge >= 0.3 is 11.9 Å². The van der Waals surface area contributed by atoms with Crippen LogP contribution in [0.3, 0.4) is 0 Å². The van der Waals surface area contributed by atoms with Gasteiger partial charge in [-0.05, 0) is 36.1 Å². The number of aromatic hydroxyl groups is 1. The number of carbonyl (C=O) groups excluding carboxylic acids is 3. The zero-order chi connectivity index (χ0) is 28.9. The third-order valence-corrected chi connectivity index (χ3v) is 6.22. The first-order valence-corrected chi connectivity index (χ1v) is 13.2. The van der Waals surface area contributed by atoms with Crippen molar-refractivity contribution in [2.75, 3.05) is 12.0 Å². The third kappa shape index (κ3) is 10.6. The van der Waals surface area contributed by atoms with Crippen LogP contribution >= 0.6 is 11.8 Å². The van der Waals surface area contributed by atoms with Gasteiger partial charge in [-0.2, -0.15) is 11.8 Å². The summed E-state index contributed by atoms with van der Waals surface area (Å²) >= 11 is 1.41. The van der Waals surface area contributed by atoms with Crippen molar-refractivity contribution in [2.24, 2.45) is 5.73 Å². The number of nitrogens with zero attached hydrogens (tertiary/aromatic N) is 1. The molecule has 9 N–H and O–H groups in total. The predicted octanol–water partition coefficient (Wildman–Crippen LogP) is -1.01. The number of carbonyl (C=O) groups is 5. The second kappa shape index (κ2) is 15.3. The number of aliphatic carboxylic acids is 2. The fraction of sp³-hybridized carbons (Fsp3) is 0.417. The van der Waals surface area contributed by atoms with Crippen LogP contribution in [0, 0.1) is 0 Å². The van der Waals surface area contributed by atoms with E-state index in [-0.39, 0.29) is 25.0 Å². The summed E-state index contributed by atoms with van der Waals surface area (Å²) in [6.07, 6.45) is 4.04. The number of hydrogen-bond acceptors (Lipinski definition) is 9. The average molecular weight is 565 g/mol. The topological polar surface area (TPSA) is 237 Å². The molecule has 0 saturated heterocycles. The van der Waals surface area contributed by atoms with Crippen LogP contribution < -0.4 is 21.7 Å². The first kappa shape index (κ1) is 31.1. The van der Waals surface area contributed by atoms with Gasteiger partial charge < -0.3 is 42.0 Å². The molecule has 212 valence electrons. The molecule has 0 aliphatic rings. The van der Waals surface area contributed by atoms with Crippen molar-refractivity contribution < 1.29 is 39.3 Å². The Labute approximate surface area is 228 Å². The maximum atomic E-state index is 13.1. The monoisotopic (exact) mass is 564 g/mol. The fourth-order valence-electron chi connectivity index (χ4n) is 3.51. The van der Waals surface area contributed by atoms with Gasteiger partial charge in [0.2, 0.25) is 17.7 Å². The van der Waals surface area contributed by atoms with Gasteiger partial charge in [0.05, 0.1) is 18.8 Å². The van der Waals surface area contributed by atoms with Gasteiger partial charge in [0.1, 0.15) is 23.9 Å². The largest absolute Gasteiger partial charge is 0.508 e. The van der Waals surface area contributed by atoms with Crippen molar-refractivity contribution in [2.45, 2.75) is 49.9 Å². The van der Waals surface area contributed by atoms with Crippen LogP contribution in [0.4, 0.5) is 0 Å². The fourth-order valence-corrected chi connectivity index (χ4v) is 3.98. The summed E-state index contributed by atoms with van der Waals surface area (Å²) in [5, 5.41) is 35.4. The van der Waals surface area contributed by atoms with Gasteiger partial charge in [-0.15, -0.1) is 0 Å². The molecule has 0 saturated carbocycles. The number of imidazole rings is 1. The standard InChI is InChI=1S/C24H32N6O8S/c1-39-7-6-17(28-21(34)16(25)9-14-11-26-12-27-14)22(35)29-18(10-20(32)33)23(36)30-19(24(37)38)8-13-2-4-15(31)5-3-13/h2-5,11-12,16-19,31H,6-10,25H2,1H3,(H,26,27)(H,28,34)(H,29,35)(H,30,36)(H,32,33)(H,37,38). The van der Waals surface area contributed by atoms with Gasteiger partial charge in [-0.25, -0.2) is 9.78 Å². The van der Waals surface area contributed by atoms with Crippen molar-refractivity contribution in [1.29, 1.82) is 0 Å². The smallest absolute Gasteiger partial charge is 0.326 e. The highest BCUT2D eigenvalue weighted by molar-refractivity contribution is 7.98. The summed E-state index contributed by atoms with van der Waals surface area (Å²) in [5.74, 6) is -4.84. The molecule has 0 aliphatic heterocycles. The second-order valence-electron chi connectivity index (χ2n) is 8.66. The number of amides is 3. The number of phenols is 1. The maximum absolute atomic E-state index is 13.1. The minimum absolute atomic E-state index is 0.0238. The van der Waals surface area contributed by atoms with Crippen LogP contribution in [0.15, 0.2) is 36.8 Å². The molecule has 0 radical (unpaired) electrons. The number of nitrogens with one attached hydrogen (secondary N) is 4. The van der Waals surface area contributed by atoms with E-state index in [0.717, 1.165) is 0 Å². The molecule has 0 fully saturated rings. The predicted molar refractivity (Wildman–Crippen MR) is 141 cm³/mol. The lowest BCUT2D eigenvalue weighted by atomic mass is 10.0. The number of phenolic OH excluding ortho intramolecular Hbond substituents is 1. The molecule has 2 rings (SSSR count). The summed E-state index contributed by atoms with van der Waals surface area (Å²) in [4.78, 5) is 68.5. The SMILES string of the molecule is CSCCC(NC(=O)C(N)Cc1cnc[nH]1)C(=O)NC(CC(=O)O)C(=O)NC(Cc1ccc(O)cc1)C(=O)O. The number of thioether (sulfide) groups is 1. The van der Waals surface area contributed by atoms with E-state index in [1.165, 1.54) is 48.6 Å². The van der Waals surface area contributed by atoms with Crippen molar-refractivity contribution in [3.63, 3.8) is 0 Å². The number of aromatic nitrogens is 2. The van der Waals surface area contributed by atoms with Gasteiger partial charge in [-0.1, -0.05) is 12.1 Å². The van der Waals surface area contributed by atoms with E-state index in [0.29, 0.717) is 17.0 Å². The molecule has 0 spiro atoms. The summed E-state index contributed by atoms with van der Waals surface area (Å²) < 4.78 is 0. The van der Waals surface area contributed by atoms with E-state index in [2.05, 4.69) is 25.9 Å². The lowest BCUT2D eigenvalue weighted by Gasteiger charge is -2.24. The number of hydrogen-bond donors (Lipinski definition) is 8. The molecule has 4 atom stereocenters. The Hall–Kier alpha value is -4.11. The number of carboxylic acids is 2. The number of carboxylic acid groups (broad SMARTS) is 2. The molecule has 14 nitrogen and oxygen atoms in total. The first-order valence-electron chi connectivity index (χ1n) is 11.9. The molecule has 1 heterocycles. The summed E-state index contributed by atoms with van der Waals surface area (Å²) in [6, 6.07) is 0.458. The molecule has 39 heavy (non-hydrogen) atoms. The number of benzene rings is 1. The molecule has 2 aromatic rings. The molecule has 1 aromatic carbocycles. The minimum atomic E-state index is -1.62. The average Bonchev–Trinajstić information content (AvgIpc) is 3.39. The van der Waals surface area contributed by atoms with E-state index in [9.17, 15) is 39.3 Å². The lowest BCUT2D eigenvalue weighted by molar-refractivity contribution is -0.143. The van der Waals surface area contributed by atoms with Gasteiger partial charge in [0.25, 0.3) is 0 Å². The lowest BCUT2D eigenvalue weighted by Crippen LogP contribution is -2.58. The molecule has 0 bridgehead atoms. The third-order valence-electron chi connectivity index (χ3n) is 5.58. The van der Waals surface area contributed by atoms with Crippen LogP contribution in [0.5, 0.6) is 5.75 Å². The normalized spacial score (nSPS) is 13.9. The Morgan fingerprint density at radius 3 is 2.13 bits per heavy atom. The Bertz CT molecular complexity index is 1130. The zero-order valence-corrected chi connectivity index (χ0v) is 21.9. The van der Waals surface area contributed by atoms with Crippen LogP contribution in [0.1, 0.15) is 24.1 Å². The van der Waals surface area contributed by atoms with Crippen molar-refractivity contribution >= 4 is 41.4 Å². The van der Waals surface area contributed by atoms with E-state index >= 15 is 0 Å². The molecule has 4 unspecified atom stereocenters. The highest BCUT2D eigenvalue weighted by Crippen LogP contribution is 2.12. The van der Waals surface area contributed by atoms with Crippen LogP contribution in [-0.4, -0.2) is 91.1 Å². The summed E-state index contributed by atoms with van der Waals surface area (Å²) in [6.45, 7) is 0. The Kier molecular flexibility index (Phi) is 12.2. The van der Waals surface area contributed by atoms with Gasteiger partial charge in [0.15, 0.2) is 0 Å². The van der Waals surface area contributed by atoms with Gasteiger partial charge in [-0.3, -0.25) is 19.2 Å². The number of nitrogens with two attached hydrogens (primary N) is 1. The van der Waals surface area contributed by atoms with Crippen molar-refractivity contribution in [3.8, 4) is 5.75 Å². The first-order chi connectivity index (χ1) is 18.5. The van der Waals surface area contributed by atoms with Crippen molar-refractivity contribution in [1.82, 2.24) is 25.9 Å². The molecular formula is C24H32N6O8S. The molecule has 1 aromatic heterocycles. The summed E-state index contributed by atoms with van der Waals surface area (Å²) in [5.41, 5.74) is 7.05. The number of H-pyrrole nitrogens is 1. The quantitative estimate of drug-likeness (QED) is 0.123. The van der Waals surface area contributed by atoms with Crippen molar-refractivity contribution in [3.05, 3.63) is 48.0 Å². The number of rotatable bonds is 16. The zero-order valence-electron chi connectivity index (χ0n) is 21.1. The molecular weight excluding hydrogens is 532 g/mol. The van der Waals surface area contributed by atoms with Crippen LogP contribution in [0.2, 0.25) is 0 Å². The Morgan fingerprint density at radius 1 is 0.949 bits per heavy atom. The van der Waals surface area contributed by atoms with E-state index in [1.54, 1.807) is 6.26 Å². The Morgan fingerprint density at radius 2 is 1.56 bits per heavy atom. The highest BCUT2D eigenvalue weighted by Gasteiger charge is 2.31. The van der Waals surface area contributed by atoms with Gasteiger partial charge in [0, 0.05) is 24.7 Å². The minimum Gasteiger partial charge on any atom is -0.508 e. The molecule has 0 aliphatic carbocycles. The maximum Gasteiger partial charge on any atom is 0.326 e. The molecule has 3 amide bonds. The highest BCUT2D eigenvalue weighted by atomic mass is 32.2.